The Hall–Kier alpha value is -3.43. The van der Waals surface area contributed by atoms with Gasteiger partial charge >= 0.3 is 5.97 Å². The number of hydrogen-bond acceptors (Lipinski definition) is 3. The van der Waals surface area contributed by atoms with Crippen molar-refractivity contribution in [1.29, 1.82) is 0 Å². The molecule has 0 amide bonds. The van der Waals surface area contributed by atoms with E-state index in [1.165, 1.54) is 21.9 Å². The molecule has 0 bridgehead atoms. The number of carbonyl (C=O) groups is 1. The molecule has 0 unspecified atom stereocenters. The summed E-state index contributed by atoms with van der Waals surface area (Å²) in [4.78, 5) is 12.8. The van der Waals surface area contributed by atoms with Crippen molar-refractivity contribution >= 4 is 16.7 Å². The SMILES string of the molecule is C[C@@H](NCc1ccc(C(C)(C)C(=O)OCc2ccccc2)cc1)c1cccc2ccccc12. The molecule has 33 heavy (non-hydrogen) atoms. The summed E-state index contributed by atoms with van der Waals surface area (Å²) in [6.07, 6.45) is 0. The maximum absolute atomic E-state index is 12.8. The molecule has 0 radical (unpaired) electrons. The summed E-state index contributed by atoms with van der Waals surface area (Å²) in [5, 5.41) is 6.18. The lowest BCUT2D eigenvalue weighted by Crippen LogP contribution is -2.31. The smallest absolute Gasteiger partial charge is 0.316 e. The van der Waals surface area contributed by atoms with Gasteiger partial charge < -0.3 is 10.1 Å². The number of benzene rings is 4. The molecule has 4 aromatic carbocycles. The van der Waals surface area contributed by atoms with Gasteiger partial charge in [0.25, 0.3) is 0 Å². The Kier molecular flexibility index (Phi) is 6.90. The maximum Gasteiger partial charge on any atom is 0.316 e. The Morgan fingerprint density at radius 2 is 1.48 bits per heavy atom. The van der Waals surface area contributed by atoms with Crippen LogP contribution in [0, 0.1) is 0 Å². The van der Waals surface area contributed by atoms with Crippen LogP contribution in [-0.2, 0) is 28.1 Å². The first-order valence-corrected chi connectivity index (χ1v) is 11.5. The van der Waals surface area contributed by atoms with Gasteiger partial charge in [0, 0.05) is 12.6 Å². The normalized spacial score (nSPS) is 12.5. The minimum Gasteiger partial charge on any atom is -0.460 e. The highest BCUT2D eigenvalue weighted by Gasteiger charge is 2.31. The molecule has 0 aromatic heterocycles. The van der Waals surface area contributed by atoms with E-state index in [2.05, 4.69) is 66.8 Å². The number of nitrogens with one attached hydrogen (secondary N) is 1. The lowest BCUT2D eigenvalue weighted by molar-refractivity contribution is -0.150. The second-order valence-electron chi connectivity index (χ2n) is 9.05. The first-order valence-electron chi connectivity index (χ1n) is 11.5. The van der Waals surface area contributed by atoms with Crippen LogP contribution in [0.5, 0.6) is 0 Å². The minimum atomic E-state index is -0.711. The molecule has 0 spiro atoms. The van der Waals surface area contributed by atoms with Gasteiger partial charge in [0.15, 0.2) is 0 Å². The van der Waals surface area contributed by atoms with Crippen LogP contribution in [0.15, 0.2) is 97.1 Å². The van der Waals surface area contributed by atoms with Crippen LogP contribution in [0.25, 0.3) is 10.8 Å². The maximum atomic E-state index is 12.8. The van der Waals surface area contributed by atoms with E-state index >= 15 is 0 Å². The van der Waals surface area contributed by atoms with E-state index in [1.54, 1.807) is 0 Å². The third-order valence-electron chi connectivity index (χ3n) is 6.30. The lowest BCUT2D eigenvalue weighted by Gasteiger charge is -2.23. The molecule has 1 atom stereocenters. The highest BCUT2D eigenvalue weighted by molar-refractivity contribution is 5.86. The Labute approximate surface area is 196 Å². The number of rotatable bonds is 8. The predicted molar refractivity (Wildman–Crippen MR) is 135 cm³/mol. The van der Waals surface area contributed by atoms with Crippen molar-refractivity contribution in [3.63, 3.8) is 0 Å². The molecule has 0 aliphatic carbocycles. The van der Waals surface area contributed by atoms with Gasteiger partial charge in [0.05, 0.1) is 5.41 Å². The van der Waals surface area contributed by atoms with E-state index in [0.717, 1.165) is 17.7 Å². The molecular weight excluding hydrogens is 406 g/mol. The molecule has 3 nitrogen and oxygen atoms in total. The first kappa shape index (κ1) is 22.8. The minimum absolute atomic E-state index is 0.221. The van der Waals surface area contributed by atoms with Crippen LogP contribution in [0.4, 0.5) is 0 Å². The summed E-state index contributed by atoms with van der Waals surface area (Å²) in [6.45, 7) is 7.06. The molecular formula is C30H31NO2. The molecule has 0 saturated heterocycles. The fourth-order valence-corrected chi connectivity index (χ4v) is 4.07. The van der Waals surface area contributed by atoms with Crippen LogP contribution in [-0.4, -0.2) is 5.97 Å². The van der Waals surface area contributed by atoms with Crippen LogP contribution < -0.4 is 5.32 Å². The third kappa shape index (κ3) is 5.32. The average molecular weight is 438 g/mol. The Morgan fingerprint density at radius 3 is 2.24 bits per heavy atom. The van der Waals surface area contributed by atoms with Crippen molar-refractivity contribution in [2.75, 3.05) is 0 Å². The van der Waals surface area contributed by atoms with Crippen LogP contribution in [0.3, 0.4) is 0 Å². The van der Waals surface area contributed by atoms with E-state index < -0.39 is 5.41 Å². The summed E-state index contributed by atoms with van der Waals surface area (Å²) in [5.74, 6) is -0.221. The van der Waals surface area contributed by atoms with Gasteiger partial charge in [-0.3, -0.25) is 4.79 Å². The molecule has 0 aliphatic rings. The van der Waals surface area contributed by atoms with E-state index in [-0.39, 0.29) is 18.6 Å². The van der Waals surface area contributed by atoms with E-state index in [1.807, 2.05) is 56.3 Å². The van der Waals surface area contributed by atoms with Crippen LogP contribution in [0.1, 0.15) is 49.1 Å². The van der Waals surface area contributed by atoms with Gasteiger partial charge in [-0.1, -0.05) is 97.1 Å². The molecule has 0 aliphatic heterocycles. The largest absolute Gasteiger partial charge is 0.460 e. The van der Waals surface area contributed by atoms with E-state index in [0.29, 0.717) is 0 Å². The highest BCUT2D eigenvalue weighted by atomic mass is 16.5. The fourth-order valence-electron chi connectivity index (χ4n) is 4.07. The number of ether oxygens (including phenoxy) is 1. The molecule has 3 heteroatoms. The zero-order chi connectivity index (χ0) is 23.3. The molecule has 168 valence electrons. The molecule has 0 heterocycles. The second-order valence-corrected chi connectivity index (χ2v) is 9.05. The molecule has 0 fully saturated rings. The quantitative estimate of drug-likeness (QED) is 0.311. The number of carbonyl (C=O) groups excluding carboxylic acids is 1. The summed E-state index contributed by atoms with van der Waals surface area (Å²) in [7, 11) is 0. The highest BCUT2D eigenvalue weighted by Crippen LogP contribution is 2.27. The molecule has 4 rings (SSSR count). The Balaban J connectivity index is 1.37. The lowest BCUT2D eigenvalue weighted by atomic mass is 9.84. The van der Waals surface area contributed by atoms with Crippen LogP contribution >= 0.6 is 0 Å². The Morgan fingerprint density at radius 1 is 0.818 bits per heavy atom. The van der Waals surface area contributed by atoms with Gasteiger partial charge in [-0.15, -0.1) is 0 Å². The van der Waals surface area contributed by atoms with Crippen molar-refractivity contribution in [1.82, 2.24) is 5.32 Å². The second kappa shape index (κ2) is 10.0. The van der Waals surface area contributed by atoms with E-state index in [4.69, 9.17) is 4.74 Å². The topological polar surface area (TPSA) is 38.3 Å². The zero-order valence-corrected chi connectivity index (χ0v) is 19.5. The molecule has 0 saturated carbocycles. The summed E-state index contributed by atoms with van der Waals surface area (Å²) in [5.41, 5.74) is 3.71. The monoisotopic (exact) mass is 437 g/mol. The van der Waals surface area contributed by atoms with Gasteiger partial charge in [-0.25, -0.2) is 0 Å². The van der Waals surface area contributed by atoms with E-state index in [9.17, 15) is 4.79 Å². The predicted octanol–water partition coefficient (Wildman–Crippen LogP) is 6.71. The molecule has 4 aromatic rings. The standard InChI is InChI=1S/C30H31NO2/c1-22(27-15-9-13-25-12-7-8-14-28(25)27)31-20-23-16-18-26(19-17-23)30(2,3)29(32)33-21-24-10-5-4-6-11-24/h4-19,22,31H,20-21H2,1-3H3/t22-/m1/s1. The fraction of sp³-hybridized carbons (Fsp3) is 0.233. The number of hydrogen-bond donors (Lipinski definition) is 1. The van der Waals surface area contributed by atoms with Gasteiger partial charge in [0.2, 0.25) is 0 Å². The van der Waals surface area contributed by atoms with Crippen LogP contribution in [0.2, 0.25) is 0 Å². The van der Waals surface area contributed by atoms with Crippen molar-refractivity contribution < 1.29 is 9.53 Å². The van der Waals surface area contributed by atoms with Crippen molar-refractivity contribution in [2.24, 2.45) is 0 Å². The van der Waals surface area contributed by atoms with Crippen molar-refractivity contribution in [2.45, 2.75) is 45.4 Å². The van der Waals surface area contributed by atoms with Gasteiger partial charge in [0.1, 0.15) is 6.61 Å². The average Bonchev–Trinajstić information content (AvgIpc) is 2.86. The Bertz CT molecular complexity index is 1210. The van der Waals surface area contributed by atoms with Gasteiger partial charge in [-0.05, 0) is 53.8 Å². The number of esters is 1. The summed E-state index contributed by atoms with van der Waals surface area (Å²) in [6, 6.07) is 33.2. The molecule has 1 N–H and O–H groups in total. The zero-order valence-electron chi connectivity index (χ0n) is 19.5. The van der Waals surface area contributed by atoms with Gasteiger partial charge in [-0.2, -0.15) is 0 Å². The van der Waals surface area contributed by atoms with Crippen molar-refractivity contribution in [3.05, 3.63) is 119 Å². The third-order valence-corrected chi connectivity index (χ3v) is 6.30. The first-order chi connectivity index (χ1) is 15.9. The number of fused-ring (bicyclic) bond motifs is 1. The summed E-state index contributed by atoms with van der Waals surface area (Å²) < 4.78 is 5.59. The summed E-state index contributed by atoms with van der Waals surface area (Å²) >= 11 is 0. The van der Waals surface area contributed by atoms with Crippen molar-refractivity contribution in [3.8, 4) is 0 Å².